The molecule has 0 radical (unpaired) electrons. The summed E-state index contributed by atoms with van der Waals surface area (Å²) >= 11 is 3.56. The van der Waals surface area contributed by atoms with Crippen molar-refractivity contribution >= 4 is 27.7 Å². The summed E-state index contributed by atoms with van der Waals surface area (Å²) in [7, 11) is 0. The van der Waals surface area contributed by atoms with Crippen LogP contribution >= 0.6 is 15.9 Å². The number of amides is 2. The Morgan fingerprint density at radius 3 is 2.28 bits per heavy atom. The minimum absolute atomic E-state index is 0.0402. The smallest absolute Gasteiger partial charge is 0.261 e. The van der Waals surface area contributed by atoms with Crippen LogP contribution < -0.4 is 10.1 Å². The maximum Gasteiger partial charge on any atom is 0.261 e. The Morgan fingerprint density at radius 1 is 1.00 bits per heavy atom. The van der Waals surface area contributed by atoms with E-state index in [1.165, 1.54) is 11.0 Å². The van der Waals surface area contributed by atoms with Gasteiger partial charge in [0.15, 0.2) is 6.61 Å². The van der Waals surface area contributed by atoms with Crippen LogP contribution in [0, 0.1) is 11.7 Å². The first kappa shape index (κ1) is 30.4. The molecule has 1 atom stereocenters. The van der Waals surface area contributed by atoms with E-state index in [4.69, 9.17) is 4.74 Å². The Balaban J connectivity index is 1.91. The fourth-order valence-corrected chi connectivity index (χ4v) is 4.59. The van der Waals surface area contributed by atoms with Crippen LogP contribution in [0.2, 0.25) is 0 Å². The highest BCUT2D eigenvalue weighted by molar-refractivity contribution is 9.10. The molecule has 0 aliphatic rings. The van der Waals surface area contributed by atoms with Crippen molar-refractivity contribution in [2.24, 2.45) is 5.92 Å². The van der Waals surface area contributed by atoms with Crippen molar-refractivity contribution in [1.82, 2.24) is 10.2 Å². The second-order valence-corrected chi connectivity index (χ2v) is 12.0. The lowest BCUT2D eigenvalue weighted by molar-refractivity contribution is -0.142. The summed E-state index contributed by atoms with van der Waals surface area (Å²) in [6.45, 7) is 10.5. The van der Waals surface area contributed by atoms with E-state index in [9.17, 15) is 14.0 Å². The lowest BCUT2D eigenvalue weighted by atomic mass is 9.87. The fourth-order valence-electron chi connectivity index (χ4n) is 4.09. The maximum absolute atomic E-state index is 14.7. The molecule has 39 heavy (non-hydrogen) atoms. The molecule has 5 nitrogen and oxygen atoms in total. The molecule has 0 heterocycles. The summed E-state index contributed by atoms with van der Waals surface area (Å²) < 4.78 is 21.4. The number of halogens is 2. The molecule has 0 aliphatic heterocycles. The van der Waals surface area contributed by atoms with Gasteiger partial charge in [-0.05, 0) is 56.6 Å². The molecule has 3 aromatic rings. The number of ether oxygens (including phenoxy) is 1. The zero-order valence-electron chi connectivity index (χ0n) is 23.3. The molecule has 0 bridgehead atoms. The third kappa shape index (κ3) is 8.92. The summed E-state index contributed by atoms with van der Waals surface area (Å²) in [6, 6.07) is 20.7. The van der Waals surface area contributed by atoms with Crippen LogP contribution in [0.15, 0.2) is 77.3 Å². The molecule has 0 aliphatic carbocycles. The lowest BCUT2D eigenvalue weighted by Crippen LogP contribution is -2.52. The Hall–Kier alpha value is -3.19. The van der Waals surface area contributed by atoms with E-state index >= 15 is 0 Å². The standard InChI is InChI=1S/C32H38BrFN2O3/c1-22(2)19-35-31(38)28(17-23-11-7-6-8-12-23)36(20-24-13-9-10-14-27(24)34)30(37)21-39-29-16-15-25(18-26(29)33)32(3,4)5/h6-16,18,22,28H,17,19-21H2,1-5H3,(H,35,38). The van der Waals surface area contributed by atoms with Gasteiger partial charge in [-0.3, -0.25) is 9.59 Å². The molecule has 0 saturated carbocycles. The van der Waals surface area contributed by atoms with Crippen LogP contribution in [-0.4, -0.2) is 35.9 Å². The Kier molecular flexibility index (Phi) is 10.7. The van der Waals surface area contributed by atoms with E-state index < -0.39 is 17.8 Å². The van der Waals surface area contributed by atoms with E-state index in [1.54, 1.807) is 18.2 Å². The first-order chi connectivity index (χ1) is 18.5. The van der Waals surface area contributed by atoms with Gasteiger partial charge in [-0.2, -0.15) is 0 Å². The molecular formula is C32H38BrFN2O3. The van der Waals surface area contributed by atoms with Gasteiger partial charge < -0.3 is 15.0 Å². The molecule has 0 fully saturated rings. The van der Waals surface area contributed by atoms with Gasteiger partial charge >= 0.3 is 0 Å². The Morgan fingerprint density at radius 2 is 1.67 bits per heavy atom. The number of hydrogen-bond acceptors (Lipinski definition) is 3. The molecule has 3 aromatic carbocycles. The number of carbonyl (C=O) groups excluding carboxylic acids is 2. The molecule has 0 aromatic heterocycles. The predicted molar refractivity (Wildman–Crippen MR) is 157 cm³/mol. The van der Waals surface area contributed by atoms with E-state index in [-0.39, 0.29) is 36.8 Å². The molecule has 2 amide bonds. The number of carbonyl (C=O) groups is 2. The van der Waals surface area contributed by atoms with E-state index in [0.29, 0.717) is 17.9 Å². The number of benzene rings is 3. The number of nitrogens with zero attached hydrogens (tertiary/aromatic N) is 1. The molecule has 1 unspecified atom stereocenters. The number of nitrogens with one attached hydrogen (secondary N) is 1. The van der Waals surface area contributed by atoms with Gasteiger partial charge in [0.2, 0.25) is 5.91 Å². The molecule has 3 rings (SSSR count). The van der Waals surface area contributed by atoms with Crippen molar-refractivity contribution in [3.8, 4) is 5.75 Å². The van der Waals surface area contributed by atoms with Gasteiger partial charge in [0, 0.05) is 25.1 Å². The van der Waals surface area contributed by atoms with Gasteiger partial charge in [0.05, 0.1) is 4.47 Å². The summed E-state index contributed by atoms with van der Waals surface area (Å²) in [5.41, 5.74) is 2.31. The average molecular weight is 598 g/mol. The van der Waals surface area contributed by atoms with E-state index in [0.717, 1.165) is 15.6 Å². The Labute approximate surface area is 239 Å². The number of hydrogen-bond donors (Lipinski definition) is 1. The van der Waals surface area contributed by atoms with Gasteiger partial charge in [-0.1, -0.05) is 89.2 Å². The van der Waals surface area contributed by atoms with E-state index in [1.807, 2.05) is 62.4 Å². The summed E-state index contributed by atoms with van der Waals surface area (Å²) in [6.07, 6.45) is 0.287. The van der Waals surface area contributed by atoms with Gasteiger partial charge in [-0.25, -0.2) is 4.39 Å². The SMILES string of the molecule is CC(C)CNC(=O)C(Cc1ccccc1)N(Cc1ccccc1F)C(=O)COc1ccc(C(C)(C)C)cc1Br. The molecule has 0 saturated heterocycles. The minimum Gasteiger partial charge on any atom is -0.483 e. The normalized spacial score (nSPS) is 12.2. The summed E-state index contributed by atoms with van der Waals surface area (Å²) in [5, 5.41) is 2.97. The highest BCUT2D eigenvalue weighted by Crippen LogP contribution is 2.31. The van der Waals surface area contributed by atoms with Crippen molar-refractivity contribution in [1.29, 1.82) is 0 Å². The van der Waals surface area contributed by atoms with Crippen molar-refractivity contribution in [2.75, 3.05) is 13.2 Å². The quantitative estimate of drug-likeness (QED) is 0.269. The molecule has 0 spiro atoms. The summed E-state index contributed by atoms with van der Waals surface area (Å²) in [5.74, 6) is -0.374. The van der Waals surface area contributed by atoms with Gasteiger partial charge in [0.25, 0.3) is 5.91 Å². The highest BCUT2D eigenvalue weighted by atomic mass is 79.9. The highest BCUT2D eigenvalue weighted by Gasteiger charge is 2.31. The largest absolute Gasteiger partial charge is 0.483 e. The van der Waals surface area contributed by atoms with Gasteiger partial charge in [0.1, 0.15) is 17.6 Å². The first-order valence-corrected chi connectivity index (χ1v) is 14.0. The maximum atomic E-state index is 14.7. The monoisotopic (exact) mass is 596 g/mol. The molecule has 7 heteroatoms. The third-order valence-electron chi connectivity index (χ3n) is 6.40. The van der Waals surface area contributed by atoms with Crippen LogP contribution in [0.5, 0.6) is 5.75 Å². The van der Waals surface area contributed by atoms with E-state index in [2.05, 4.69) is 42.0 Å². The lowest BCUT2D eigenvalue weighted by Gasteiger charge is -2.32. The second kappa shape index (κ2) is 13.7. The second-order valence-electron chi connectivity index (χ2n) is 11.1. The van der Waals surface area contributed by atoms with Crippen LogP contribution in [0.25, 0.3) is 0 Å². The van der Waals surface area contributed by atoms with Crippen molar-refractivity contribution < 1.29 is 18.7 Å². The average Bonchev–Trinajstić information content (AvgIpc) is 2.89. The fraction of sp³-hybridized carbons (Fsp3) is 0.375. The van der Waals surface area contributed by atoms with Crippen LogP contribution in [0.4, 0.5) is 4.39 Å². The number of rotatable bonds is 11. The predicted octanol–water partition coefficient (Wildman–Crippen LogP) is 6.68. The van der Waals surface area contributed by atoms with Gasteiger partial charge in [-0.15, -0.1) is 0 Å². The molecular weight excluding hydrogens is 559 g/mol. The van der Waals surface area contributed by atoms with Crippen molar-refractivity contribution in [2.45, 2.75) is 59.0 Å². The van der Waals surface area contributed by atoms with Crippen LogP contribution in [0.3, 0.4) is 0 Å². The minimum atomic E-state index is -0.853. The first-order valence-electron chi connectivity index (χ1n) is 13.2. The van der Waals surface area contributed by atoms with Crippen molar-refractivity contribution in [3.63, 3.8) is 0 Å². The third-order valence-corrected chi connectivity index (χ3v) is 7.02. The van der Waals surface area contributed by atoms with Crippen molar-refractivity contribution in [3.05, 3.63) is 99.8 Å². The molecule has 208 valence electrons. The van der Waals surface area contributed by atoms with Crippen LogP contribution in [0.1, 0.15) is 51.3 Å². The Bertz CT molecular complexity index is 1260. The van der Waals surface area contributed by atoms with Crippen LogP contribution in [-0.2, 0) is 28.0 Å². The zero-order chi connectivity index (χ0) is 28.6. The topological polar surface area (TPSA) is 58.6 Å². The molecule has 1 N–H and O–H groups in total. The zero-order valence-corrected chi connectivity index (χ0v) is 24.9. The summed E-state index contributed by atoms with van der Waals surface area (Å²) in [4.78, 5) is 28.6.